The van der Waals surface area contributed by atoms with Crippen molar-refractivity contribution < 1.29 is 0 Å². The van der Waals surface area contributed by atoms with E-state index in [2.05, 4.69) is 29.5 Å². The molecule has 0 N–H and O–H groups in total. The summed E-state index contributed by atoms with van der Waals surface area (Å²) in [7, 11) is 0. The SMILES string of the molecule is C=CCCCn1ccc2cc(C#N)ccc21. The number of nitrogens with zero attached hydrogens (tertiary/aromatic N) is 2. The molecule has 16 heavy (non-hydrogen) atoms. The zero-order valence-corrected chi connectivity index (χ0v) is 9.19. The van der Waals surface area contributed by atoms with Gasteiger partial charge < -0.3 is 4.57 Å². The van der Waals surface area contributed by atoms with E-state index in [0.717, 1.165) is 30.3 Å². The highest BCUT2D eigenvalue weighted by Gasteiger charge is 2.01. The van der Waals surface area contributed by atoms with Crippen LogP contribution in [0.4, 0.5) is 0 Å². The lowest BCUT2D eigenvalue weighted by molar-refractivity contribution is 0.671. The Morgan fingerprint density at radius 3 is 3.00 bits per heavy atom. The fraction of sp³-hybridized carbons (Fsp3) is 0.214. The standard InChI is InChI=1S/C14H14N2/c1-2-3-4-8-16-9-7-13-10-12(11-15)5-6-14(13)16/h2,5-7,9-10H,1,3-4,8H2. The molecule has 0 fully saturated rings. The second-order valence-corrected chi connectivity index (χ2v) is 3.83. The van der Waals surface area contributed by atoms with Gasteiger partial charge in [-0.25, -0.2) is 0 Å². The van der Waals surface area contributed by atoms with Gasteiger partial charge in [-0.05, 0) is 37.1 Å². The average Bonchev–Trinajstić information content (AvgIpc) is 2.72. The zero-order valence-electron chi connectivity index (χ0n) is 9.19. The minimum Gasteiger partial charge on any atom is -0.347 e. The van der Waals surface area contributed by atoms with E-state index in [-0.39, 0.29) is 0 Å². The molecule has 0 saturated heterocycles. The van der Waals surface area contributed by atoms with Gasteiger partial charge in [0, 0.05) is 23.6 Å². The molecule has 0 aliphatic carbocycles. The van der Waals surface area contributed by atoms with Crippen LogP contribution in [0.1, 0.15) is 18.4 Å². The molecule has 2 nitrogen and oxygen atoms in total. The summed E-state index contributed by atoms with van der Waals surface area (Å²) in [5.74, 6) is 0. The van der Waals surface area contributed by atoms with Gasteiger partial charge in [0.2, 0.25) is 0 Å². The Labute approximate surface area is 95.4 Å². The molecule has 0 spiro atoms. The molecule has 0 unspecified atom stereocenters. The molecule has 0 aliphatic rings. The maximum absolute atomic E-state index is 8.81. The van der Waals surface area contributed by atoms with Crippen LogP contribution in [-0.2, 0) is 6.54 Å². The number of allylic oxidation sites excluding steroid dienone is 1. The van der Waals surface area contributed by atoms with Crippen molar-refractivity contribution in [1.29, 1.82) is 5.26 Å². The van der Waals surface area contributed by atoms with Crippen molar-refractivity contribution in [3.05, 3.63) is 48.7 Å². The van der Waals surface area contributed by atoms with E-state index in [1.54, 1.807) is 0 Å². The third kappa shape index (κ3) is 1.99. The minimum atomic E-state index is 0.719. The van der Waals surface area contributed by atoms with Crippen LogP contribution in [0.25, 0.3) is 10.9 Å². The fourth-order valence-corrected chi connectivity index (χ4v) is 1.87. The smallest absolute Gasteiger partial charge is 0.0991 e. The molecule has 2 aromatic rings. The van der Waals surface area contributed by atoms with Crippen molar-refractivity contribution in [3.63, 3.8) is 0 Å². The van der Waals surface area contributed by atoms with Crippen LogP contribution < -0.4 is 0 Å². The Morgan fingerprint density at radius 2 is 2.25 bits per heavy atom. The van der Waals surface area contributed by atoms with Crippen LogP contribution in [0, 0.1) is 11.3 Å². The van der Waals surface area contributed by atoms with Crippen molar-refractivity contribution in [2.75, 3.05) is 0 Å². The summed E-state index contributed by atoms with van der Waals surface area (Å²) in [5, 5.41) is 9.95. The van der Waals surface area contributed by atoms with E-state index in [9.17, 15) is 0 Å². The lowest BCUT2D eigenvalue weighted by atomic mass is 10.2. The van der Waals surface area contributed by atoms with E-state index in [4.69, 9.17) is 5.26 Å². The lowest BCUT2D eigenvalue weighted by Gasteiger charge is -2.03. The highest BCUT2D eigenvalue weighted by molar-refractivity contribution is 5.81. The number of aromatic nitrogens is 1. The van der Waals surface area contributed by atoms with Gasteiger partial charge >= 0.3 is 0 Å². The molecular formula is C14H14N2. The second kappa shape index (κ2) is 4.67. The van der Waals surface area contributed by atoms with Crippen LogP contribution in [0.3, 0.4) is 0 Å². The Hall–Kier alpha value is -2.01. The number of fused-ring (bicyclic) bond motifs is 1. The number of nitriles is 1. The molecule has 1 aromatic carbocycles. The van der Waals surface area contributed by atoms with Crippen molar-refractivity contribution >= 4 is 10.9 Å². The predicted octanol–water partition coefficient (Wildman–Crippen LogP) is 3.48. The summed E-state index contributed by atoms with van der Waals surface area (Å²) in [6.45, 7) is 4.72. The first-order chi connectivity index (χ1) is 7.85. The van der Waals surface area contributed by atoms with Crippen molar-refractivity contribution in [1.82, 2.24) is 4.57 Å². The average molecular weight is 210 g/mol. The summed E-state index contributed by atoms with van der Waals surface area (Å²) >= 11 is 0. The zero-order chi connectivity index (χ0) is 11.4. The third-order valence-electron chi connectivity index (χ3n) is 2.71. The predicted molar refractivity (Wildman–Crippen MR) is 66.1 cm³/mol. The van der Waals surface area contributed by atoms with Gasteiger partial charge in [-0.3, -0.25) is 0 Å². The van der Waals surface area contributed by atoms with Gasteiger partial charge in [0.1, 0.15) is 0 Å². The van der Waals surface area contributed by atoms with E-state index in [0.29, 0.717) is 0 Å². The monoisotopic (exact) mass is 210 g/mol. The van der Waals surface area contributed by atoms with Crippen molar-refractivity contribution in [3.8, 4) is 6.07 Å². The second-order valence-electron chi connectivity index (χ2n) is 3.83. The number of rotatable bonds is 4. The summed E-state index contributed by atoms with van der Waals surface area (Å²) in [6.07, 6.45) is 6.16. The first kappa shape index (κ1) is 10.5. The largest absolute Gasteiger partial charge is 0.347 e. The molecule has 0 amide bonds. The van der Waals surface area contributed by atoms with Crippen LogP contribution in [0.15, 0.2) is 43.1 Å². The van der Waals surface area contributed by atoms with Gasteiger partial charge in [-0.15, -0.1) is 6.58 Å². The molecule has 2 rings (SSSR count). The van der Waals surface area contributed by atoms with E-state index in [1.807, 2.05) is 24.3 Å². The van der Waals surface area contributed by atoms with E-state index in [1.165, 1.54) is 5.52 Å². The van der Waals surface area contributed by atoms with Gasteiger partial charge in [-0.1, -0.05) is 6.08 Å². The maximum atomic E-state index is 8.81. The van der Waals surface area contributed by atoms with Crippen molar-refractivity contribution in [2.24, 2.45) is 0 Å². The Bertz CT molecular complexity index is 543. The molecule has 0 radical (unpaired) electrons. The highest BCUT2D eigenvalue weighted by Crippen LogP contribution is 2.18. The van der Waals surface area contributed by atoms with Crippen LogP contribution in [-0.4, -0.2) is 4.57 Å². The number of benzene rings is 1. The summed E-state index contributed by atoms with van der Waals surface area (Å²) in [6, 6.07) is 10.0. The molecular weight excluding hydrogens is 196 g/mol. The third-order valence-corrected chi connectivity index (χ3v) is 2.71. The molecule has 0 atom stereocenters. The van der Waals surface area contributed by atoms with E-state index >= 15 is 0 Å². The first-order valence-corrected chi connectivity index (χ1v) is 5.45. The maximum Gasteiger partial charge on any atom is 0.0991 e. The van der Waals surface area contributed by atoms with Gasteiger partial charge in [0.15, 0.2) is 0 Å². The molecule has 1 heterocycles. The quantitative estimate of drug-likeness (QED) is 0.561. The van der Waals surface area contributed by atoms with Crippen LogP contribution in [0.5, 0.6) is 0 Å². The number of aryl methyl sites for hydroxylation is 1. The molecule has 80 valence electrons. The Balaban J connectivity index is 2.28. The molecule has 1 aromatic heterocycles. The summed E-state index contributed by atoms with van der Waals surface area (Å²) in [5.41, 5.74) is 1.92. The normalized spacial score (nSPS) is 10.2. The van der Waals surface area contributed by atoms with Gasteiger partial charge in [0.05, 0.1) is 11.6 Å². The Kier molecular flexibility index (Phi) is 3.07. The highest BCUT2D eigenvalue weighted by atomic mass is 14.9. The van der Waals surface area contributed by atoms with Gasteiger partial charge in [0.25, 0.3) is 0 Å². The van der Waals surface area contributed by atoms with Crippen LogP contribution in [0.2, 0.25) is 0 Å². The number of hydrogen-bond acceptors (Lipinski definition) is 1. The molecule has 0 saturated carbocycles. The summed E-state index contributed by atoms with van der Waals surface area (Å²) in [4.78, 5) is 0. The number of hydrogen-bond donors (Lipinski definition) is 0. The fourth-order valence-electron chi connectivity index (χ4n) is 1.87. The minimum absolute atomic E-state index is 0.719. The topological polar surface area (TPSA) is 28.7 Å². The summed E-state index contributed by atoms with van der Waals surface area (Å²) < 4.78 is 2.22. The van der Waals surface area contributed by atoms with Gasteiger partial charge in [-0.2, -0.15) is 5.26 Å². The Morgan fingerprint density at radius 1 is 1.38 bits per heavy atom. The lowest BCUT2D eigenvalue weighted by Crippen LogP contribution is -1.95. The number of unbranched alkanes of at least 4 members (excludes halogenated alkanes) is 1. The first-order valence-electron chi connectivity index (χ1n) is 5.45. The molecule has 2 heteroatoms. The molecule has 0 bridgehead atoms. The van der Waals surface area contributed by atoms with Crippen LogP contribution >= 0.6 is 0 Å². The molecule has 0 aliphatic heterocycles. The van der Waals surface area contributed by atoms with E-state index < -0.39 is 0 Å². The van der Waals surface area contributed by atoms with Crippen molar-refractivity contribution in [2.45, 2.75) is 19.4 Å².